The molecule has 1 aliphatic carbocycles. The fourth-order valence-corrected chi connectivity index (χ4v) is 3.20. The van der Waals surface area contributed by atoms with Crippen molar-refractivity contribution in [1.82, 2.24) is 10.3 Å². The van der Waals surface area contributed by atoms with E-state index in [1.165, 1.54) is 19.0 Å². The maximum Gasteiger partial charge on any atom is 0.443 e. The third kappa shape index (κ3) is 3.03. The van der Waals surface area contributed by atoms with Crippen molar-refractivity contribution < 1.29 is 13.2 Å². The Morgan fingerprint density at radius 2 is 2.17 bits per heavy atom. The van der Waals surface area contributed by atoms with Crippen molar-refractivity contribution in [3.63, 3.8) is 0 Å². The van der Waals surface area contributed by atoms with Crippen LogP contribution in [-0.4, -0.2) is 11.5 Å². The number of nitrogens with one attached hydrogen (secondary N) is 1. The molecule has 1 aromatic heterocycles. The Morgan fingerprint density at radius 3 is 2.61 bits per heavy atom. The van der Waals surface area contributed by atoms with Crippen molar-refractivity contribution in [3.8, 4) is 0 Å². The summed E-state index contributed by atoms with van der Waals surface area (Å²) in [5, 5.41) is 2.54. The number of alkyl halides is 3. The number of thiazole rings is 1. The molecule has 1 fully saturated rings. The molecule has 102 valence electrons. The number of rotatable bonds is 5. The van der Waals surface area contributed by atoms with E-state index >= 15 is 0 Å². The average Bonchev–Trinajstić information content (AvgIpc) is 3.01. The SMILES string of the molecule is CCNC(c1cnc(C(F)(F)F)s1)C(C)C1CC1. The summed E-state index contributed by atoms with van der Waals surface area (Å²) in [6, 6.07) is -0.00361. The van der Waals surface area contributed by atoms with E-state index in [4.69, 9.17) is 0 Å². The molecular weight excluding hydrogens is 261 g/mol. The van der Waals surface area contributed by atoms with Gasteiger partial charge in [-0.1, -0.05) is 13.8 Å². The largest absolute Gasteiger partial charge is 0.443 e. The van der Waals surface area contributed by atoms with Gasteiger partial charge in [0.15, 0.2) is 5.01 Å². The van der Waals surface area contributed by atoms with Gasteiger partial charge in [-0.05, 0) is 31.2 Å². The first-order chi connectivity index (χ1) is 8.43. The highest BCUT2D eigenvalue weighted by Gasteiger charge is 2.38. The van der Waals surface area contributed by atoms with E-state index < -0.39 is 11.2 Å². The van der Waals surface area contributed by atoms with Gasteiger partial charge in [0.2, 0.25) is 0 Å². The lowest BCUT2D eigenvalue weighted by atomic mass is 9.96. The third-order valence-electron chi connectivity index (χ3n) is 3.39. The van der Waals surface area contributed by atoms with E-state index in [9.17, 15) is 13.2 Å². The Balaban J connectivity index is 2.17. The predicted molar refractivity (Wildman–Crippen MR) is 65.4 cm³/mol. The van der Waals surface area contributed by atoms with Gasteiger partial charge in [-0.25, -0.2) is 4.98 Å². The molecule has 0 bridgehead atoms. The van der Waals surface area contributed by atoms with Gasteiger partial charge in [0.1, 0.15) is 0 Å². The molecule has 18 heavy (non-hydrogen) atoms. The molecule has 1 saturated carbocycles. The summed E-state index contributed by atoms with van der Waals surface area (Å²) in [7, 11) is 0. The minimum Gasteiger partial charge on any atom is -0.309 e. The van der Waals surface area contributed by atoms with Crippen LogP contribution in [-0.2, 0) is 6.18 Å². The summed E-state index contributed by atoms with van der Waals surface area (Å²) >= 11 is 0.763. The lowest BCUT2D eigenvalue weighted by Crippen LogP contribution is -2.27. The first kappa shape index (κ1) is 13.8. The monoisotopic (exact) mass is 278 g/mol. The Kier molecular flexibility index (Phi) is 3.96. The average molecular weight is 278 g/mol. The molecular formula is C12H17F3N2S. The number of aromatic nitrogens is 1. The fourth-order valence-electron chi connectivity index (χ4n) is 2.22. The maximum atomic E-state index is 12.5. The molecule has 1 heterocycles. The summed E-state index contributed by atoms with van der Waals surface area (Å²) < 4.78 is 37.6. The first-order valence-electron chi connectivity index (χ1n) is 6.19. The van der Waals surface area contributed by atoms with Crippen LogP contribution in [0.4, 0.5) is 13.2 Å². The van der Waals surface area contributed by atoms with Crippen LogP contribution in [0, 0.1) is 11.8 Å². The minimum atomic E-state index is -4.33. The van der Waals surface area contributed by atoms with Gasteiger partial charge < -0.3 is 5.32 Å². The highest BCUT2D eigenvalue weighted by atomic mass is 32.1. The zero-order chi connectivity index (χ0) is 13.3. The first-order valence-corrected chi connectivity index (χ1v) is 7.01. The standard InChI is InChI=1S/C12H17F3N2S/c1-3-16-10(7(2)8-4-5-8)9-6-17-11(18-9)12(13,14)15/h6-8,10,16H,3-5H2,1-2H3. The number of hydrogen-bond donors (Lipinski definition) is 1. The van der Waals surface area contributed by atoms with Crippen LogP contribution in [0.1, 0.15) is 42.6 Å². The summed E-state index contributed by atoms with van der Waals surface area (Å²) in [4.78, 5) is 4.20. The van der Waals surface area contributed by atoms with Crippen molar-refractivity contribution in [2.24, 2.45) is 11.8 Å². The Bertz CT molecular complexity index is 398. The quantitative estimate of drug-likeness (QED) is 0.884. The second-order valence-corrected chi connectivity index (χ2v) is 5.86. The lowest BCUT2D eigenvalue weighted by molar-refractivity contribution is -0.137. The van der Waals surface area contributed by atoms with E-state index in [2.05, 4.69) is 17.2 Å². The molecule has 0 saturated heterocycles. The van der Waals surface area contributed by atoms with Gasteiger partial charge in [-0.2, -0.15) is 13.2 Å². The molecule has 0 radical (unpaired) electrons. The molecule has 2 atom stereocenters. The van der Waals surface area contributed by atoms with E-state index in [1.807, 2.05) is 6.92 Å². The van der Waals surface area contributed by atoms with Crippen molar-refractivity contribution in [1.29, 1.82) is 0 Å². The zero-order valence-corrected chi connectivity index (χ0v) is 11.2. The normalized spacial score (nSPS) is 19.8. The second kappa shape index (κ2) is 5.17. The predicted octanol–water partition coefficient (Wildman–Crippen LogP) is 3.86. The van der Waals surface area contributed by atoms with Crippen molar-refractivity contribution in [3.05, 3.63) is 16.1 Å². The Labute approximate surface area is 109 Å². The smallest absolute Gasteiger partial charge is 0.309 e. The summed E-state index contributed by atoms with van der Waals surface area (Å²) in [6.07, 6.45) is -0.579. The van der Waals surface area contributed by atoms with Gasteiger partial charge in [0, 0.05) is 17.1 Å². The van der Waals surface area contributed by atoms with Crippen molar-refractivity contribution >= 4 is 11.3 Å². The molecule has 1 N–H and O–H groups in total. The highest BCUT2D eigenvalue weighted by molar-refractivity contribution is 7.11. The van der Waals surface area contributed by atoms with Crippen LogP contribution in [0.25, 0.3) is 0 Å². The van der Waals surface area contributed by atoms with E-state index in [0.29, 0.717) is 16.7 Å². The van der Waals surface area contributed by atoms with Gasteiger partial charge in [-0.15, -0.1) is 11.3 Å². The van der Waals surface area contributed by atoms with E-state index in [-0.39, 0.29) is 6.04 Å². The Morgan fingerprint density at radius 1 is 1.50 bits per heavy atom. The number of halogens is 3. The number of nitrogens with zero attached hydrogens (tertiary/aromatic N) is 1. The lowest BCUT2D eigenvalue weighted by Gasteiger charge is -2.23. The molecule has 6 heteroatoms. The van der Waals surface area contributed by atoms with Crippen LogP contribution in [0.2, 0.25) is 0 Å². The molecule has 1 aliphatic rings. The summed E-state index contributed by atoms with van der Waals surface area (Å²) in [5.41, 5.74) is 0. The molecule has 0 spiro atoms. The van der Waals surface area contributed by atoms with Crippen LogP contribution >= 0.6 is 11.3 Å². The number of hydrogen-bond acceptors (Lipinski definition) is 3. The van der Waals surface area contributed by atoms with Crippen LogP contribution in [0.15, 0.2) is 6.20 Å². The summed E-state index contributed by atoms with van der Waals surface area (Å²) in [5.74, 6) is 1.01. The Hall–Kier alpha value is -0.620. The van der Waals surface area contributed by atoms with Gasteiger partial charge in [0.05, 0.1) is 0 Å². The molecule has 0 aliphatic heterocycles. The molecule has 2 rings (SSSR count). The van der Waals surface area contributed by atoms with Crippen LogP contribution in [0.3, 0.4) is 0 Å². The highest BCUT2D eigenvalue weighted by Crippen LogP contribution is 2.44. The van der Waals surface area contributed by atoms with Crippen LogP contribution in [0.5, 0.6) is 0 Å². The minimum absolute atomic E-state index is 0.00361. The third-order valence-corrected chi connectivity index (χ3v) is 4.51. The molecule has 0 amide bonds. The second-order valence-electron chi connectivity index (χ2n) is 4.80. The fraction of sp³-hybridized carbons (Fsp3) is 0.750. The van der Waals surface area contributed by atoms with Gasteiger partial charge in [0.25, 0.3) is 0 Å². The van der Waals surface area contributed by atoms with Gasteiger partial charge >= 0.3 is 6.18 Å². The molecule has 0 aromatic carbocycles. The topological polar surface area (TPSA) is 24.9 Å². The summed E-state index contributed by atoms with van der Waals surface area (Å²) in [6.45, 7) is 4.83. The molecule has 1 aromatic rings. The van der Waals surface area contributed by atoms with Crippen molar-refractivity contribution in [2.75, 3.05) is 6.54 Å². The van der Waals surface area contributed by atoms with Crippen molar-refractivity contribution in [2.45, 2.75) is 38.9 Å². The van der Waals surface area contributed by atoms with Gasteiger partial charge in [-0.3, -0.25) is 0 Å². The molecule has 2 unspecified atom stereocenters. The molecule has 2 nitrogen and oxygen atoms in total. The zero-order valence-electron chi connectivity index (χ0n) is 10.4. The van der Waals surface area contributed by atoms with E-state index in [0.717, 1.165) is 17.9 Å². The van der Waals surface area contributed by atoms with E-state index in [1.54, 1.807) is 0 Å². The maximum absolute atomic E-state index is 12.5. The van der Waals surface area contributed by atoms with Crippen LogP contribution < -0.4 is 5.32 Å².